The molecule has 23 heavy (non-hydrogen) atoms. The molecule has 1 N–H and O–H groups in total. The molecule has 0 atom stereocenters. The number of carbonyl (C=O) groups is 2. The number of halogens is 1. The van der Waals surface area contributed by atoms with Crippen LogP contribution in [0, 0.1) is 5.82 Å². The maximum Gasteiger partial charge on any atom is 0.317 e. The van der Waals surface area contributed by atoms with Gasteiger partial charge in [0, 0.05) is 6.54 Å². The lowest BCUT2D eigenvalue weighted by Crippen LogP contribution is -2.38. The predicted molar refractivity (Wildman–Crippen MR) is 85.4 cm³/mol. The van der Waals surface area contributed by atoms with Gasteiger partial charge >= 0.3 is 5.97 Å². The summed E-state index contributed by atoms with van der Waals surface area (Å²) in [6.45, 7) is 2.34. The van der Waals surface area contributed by atoms with Crippen LogP contribution in [0.25, 0.3) is 0 Å². The first-order valence-corrected chi connectivity index (χ1v) is 8.28. The highest BCUT2D eigenvalue weighted by atomic mass is 19.1. The third kappa shape index (κ3) is 4.30. The van der Waals surface area contributed by atoms with Crippen molar-refractivity contribution in [2.24, 2.45) is 0 Å². The largest absolute Gasteiger partial charge is 0.455 e. The lowest BCUT2D eigenvalue weighted by atomic mass is 9.79. The van der Waals surface area contributed by atoms with Crippen molar-refractivity contribution in [2.45, 2.75) is 50.9 Å². The van der Waals surface area contributed by atoms with E-state index in [1.54, 1.807) is 12.1 Å². The minimum atomic E-state index is -0.814. The number of ether oxygens (including phenoxy) is 1. The van der Waals surface area contributed by atoms with Gasteiger partial charge in [0.05, 0.1) is 5.41 Å². The predicted octanol–water partition coefficient (Wildman–Crippen LogP) is 3.10. The Bertz CT molecular complexity index is 553. The molecule has 0 radical (unpaired) electrons. The number of esters is 1. The monoisotopic (exact) mass is 321 g/mol. The molecular weight excluding hydrogens is 297 g/mol. The summed E-state index contributed by atoms with van der Waals surface area (Å²) in [6.07, 6.45) is 4.94. The molecule has 1 amide bonds. The van der Waals surface area contributed by atoms with Gasteiger partial charge in [0.1, 0.15) is 5.82 Å². The molecule has 2 rings (SSSR count). The van der Waals surface area contributed by atoms with Crippen molar-refractivity contribution in [1.29, 1.82) is 0 Å². The standard InChI is InChI=1S/C18H24FNO3/c1-2-3-11-20-16(21)13-23-17(22)18(9-4-5-10-18)14-7-6-8-15(19)12-14/h6-8,12H,2-5,9-11,13H2,1H3,(H,20,21). The lowest BCUT2D eigenvalue weighted by Gasteiger charge is -2.27. The minimum Gasteiger partial charge on any atom is -0.455 e. The van der Waals surface area contributed by atoms with Gasteiger partial charge in [0.15, 0.2) is 6.61 Å². The normalized spacial score (nSPS) is 16.1. The van der Waals surface area contributed by atoms with Crippen molar-refractivity contribution >= 4 is 11.9 Å². The number of unbranched alkanes of at least 4 members (excludes halogenated alkanes) is 1. The molecule has 1 aromatic rings. The van der Waals surface area contributed by atoms with E-state index in [9.17, 15) is 14.0 Å². The van der Waals surface area contributed by atoms with Gasteiger partial charge in [-0.3, -0.25) is 9.59 Å². The van der Waals surface area contributed by atoms with E-state index < -0.39 is 11.4 Å². The maximum atomic E-state index is 13.5. The van der Waals surface area contributed by atoms with E-state index in [0.29, 0.717) is 24.9 Å². The molecule has 1 aromatic carbocycles. The van der Waals surface area contributed by atoms with E-state index in [1.165, 1.54) is 12.1 Å². The number of hydrogen-bond donors (Lipinski definition) is 1. The summed E-state index contributed by atoms with van der Waals surface area (Å²) in [5.74, 6) is -1.08. The van der Waals surface area contributed by atoms with Crippen molar-refractivity contribution < 1.29 is 18.7 Å². The van der Waals surface area contributed by atoms with Crippen LogP contribution in [-0.4, -0.2) is 25.0 Å². The topological polar surface area (TPSA) is 55.4 Å². The van der Waals surface area contributed by atoms with Gasteiger partial charge in [-0.2, -0.15) is 0 Å². The van der Waals surface area contributed by atoms with Gasteiger partial charge in [-0.25, -0.2) is 4.39 Å². The zero-order chi connectivity index (χ0) is 16.7. The Hall–Kier alpha value is -1.91. The molecule has 5 heteroatoms. The average Bonchev–Trinajstić information content (AvgIpc) is 3.04. The third-order valence-electron chi connectivity index (χ3n) is 4.41. The van der Waals surface area contributed by atoms with Gasteiger partial charge in [-0.15, -0.1) is 0 Å². The highest BCUT2D eigenvalue weighted by Crippen LogP contribution is 2.42. The summed E-state index contributed by atoms with van der Waals surface area (Å²) in [5, 5.41) is 2.71. The maximum absolute atomic E-state index is 13.5. The molecule has 0 unspecified atom stereocenters. The summed E-state index contributed by atoms with van der Waals surface area (Å²) in [7, 11) is 0. The van der Waals surface area contributed by atoms with Crippen LogP contribution in [0.3, 0.4) is 0 Å². The van der Waals surface area contributed by atoms with Crippen LogP contribution in [-0.2, 0) is 19.7 Å². The Morgan fingerprint density at radius 2 is 2.04 bits per heavy atom. The van der Waals surface area contributed by atoms with E-state index in [2.05, 4.69) is 5.32 Å². The van der Waals surface area contributed by atoms with E-state index in [4.69, 9.17) is 4.74 Å². The molecule has 0 aliphatic heterocycles. The van der Waals surface area contributed by atoms with E-state index in [1.807, 2.05) is 6.92 Å². The smallest absolute Gasteiger partial charge is 0.317 e. The molecule has 126 valence electrons. The van der Waals surface area contributed by atoms with Crippen LogP contribution in [0.1, 0.15) is 51.0 Å². The molecule has 1 aliphatic rings. The van der Waals surface area contributed by atoms with Crippen LogP contribution in [0.5, 0.6) is 0 Å². The highest BCUT2D eigenvalue weighted by Gasteiger charge is 2.44. The molecule has 0 spiro atoms. The second-order valence-corrected chi connectivity index (χ2v) is 6.08. The number of hydrogen-bond acceptors (Lipinski definition) is 3. The molecular formula is C18H24FNO3. The molecule has 0 bridgehead atoms. The Morgan fingerprint density at radius 1 is 1.30 bits per heavy atom. The third-order valence-corrected chi connectivity index (χ3v) is 4.41. The first-order chi connectivity index (χ1) is 11.1. The van der Waals surface area contributed by atoms with Crippen LogP contribution in [0.4, 0.5) is 4.39 Å². The van der Waals surface area contributed by atoms with Crippen molar-refractivity contribution in [3.63, 3.8) is 0 Å². The number of carbonyl (C=O) groups excluding carboxylic acids is 2. The van der Waals surface area contributed by atoms with Crippen molar-refractivity contribution in [2.75, 3.05) is 13.2 Å². The van der Waals surface area contributed by atoms with Crippen molar-refractivity contribution in [3.05, 3.63) is 35.6 Å². The Labute approximate surface area is 136 Å². The fraction of sp³-hybridized carbons (Fsp3) is 0.556. The SMILES string of the molecule is CCCCNC(=O)COC(=O)C1(c2cccc(F)c2)CCCC1. The van der Waals surface area contributed by atoms with E-state index in [0.717, 1.165) is 25.7 Å². The number of nitrogens with one attached hydrogen (secondary N) is 1. The number of amides is 1. The van der Waals surface area contributed by atoms with E-state index >= 15 is 0 Å². The lowest BCUT2D eigenvalue weighted by molar-refractivity contribution is -0.154. The minimum absolute atomic E-state index is 0.278. The van der Waals surface area contributed by atoms with Crippen LogP contribution in [0.15, 0.2) is 24.3 Å². The Kier molecular flexibility index (Phi) is 6.13. The average molecular weight is 321 g/mol. The van der Waals surface area contributed by atoms with Gasteiger partial charge in [-0.1, -0.05) is 38.3 Å². The van der Waals surface area contributed by atoms with Crippen LogP contribution in [0.2, 0.25) is 0 Å². The first kappa shape index (κ1) is 17.4. The van der Waals surface area contributed by atoms with Crippen molar-refractivity contribution in [1.82, 2.24) is 5.32 Å². The van der Waals surface area contributed by atoms with E-state index in [-0.39, 0.29) is 18.3 Å². The summed E-state index contributed by atoms with van der Waals surface area (Å²) in [5.41, 5.74) is -0.169. The molecule has 0 heterocycles. The molecule has 1 saturated carbocycles. The second-order valence-electron chi connectivity index (χ2n) is 6.08. The molecule has 0 saturated heterocycles. The highest BCUT2D eigenvalue weighted by molar-refractivity contribution is 5.86. The Morgan fingerprint density at radius 3 is 2.70 bits per heavy atom. The Balaban J connectivity index is 2.01. The van der Waals surface area contributed by atoms with Gasteiger partial charge in [0.25, 0.3) is 5.91 Å². The van der Waals surface area contributed by atoms with Gasteiger partial charge in [-0.05, 0) is 37.0 Å². The molecule has 1 aliphatic carbocycles. The summed E-state index contributed by atoms with van der Waals surface area (Å²) in [4.78, 5) is 24.3. The summed E-state index contributed by atoms with van der Waals surface area (Å²) < 4.78 is 18.8. The summed E-state index contributed by atoms with van der Waals surface area (Å²) >= 11 is 0. The fourth-order valence-electron chi connectivity index (χ4n) is 3.10. The second kappa shape index (κ2) is 8.09. The summed E-state index contributed by atoms with van der Waals surface area (Å²) in [6, 6.07) is 6.12. The van der Waals surface area contributed by atoms with Crippen LogP contribution >= 0.6 is 0 Å². The zero-order valence-electron chi connectivity index (χ0n) is 13.6. The van der Waals surface area contributed by atoms with Crippen molar-refractivity contribution in [3.8, 4) is 0 Å². The zero-order valence-corrected chi connectivity index (χ0v) is 13.6. The molecule has 4 nitrogen and oxygen atoms in total. The fourth-order valence-corrected chi connectivity index (χ4v) is 3.10. The molecule has 0 aromatic heterocycles. The first-order valence-electron chi connectivity index (χ1n) is 8.28. The number of rotatable bonds is 7. The number of benzene rings is 1. The van der Waals surface area contributed by atoms with Crippen LogP contribution < -0.4 is 5.32 Å². The van der Waals surface area contributed by atoms with Gasteiger partial charge in [0.2, 0.25) is 0 Å². The quantitative estimate of drug-likeness (QED) is 0.620. The molecule has 1 fully saturated rings. The van der Waals surface area contributed by atoms with Gasteiger partial charge < -0.3 is 10.1 Å².